The van der Waals surface area contributed by atoms with Crippen molar-refractivity contribution in [1.29, 1.82) is 0 Å². The number of allylic oxidation sites excluding steroid dienone is 2. The third-order valence-electron chi connectivity index (χ3n) is 1.02. The van der Waals surface area contributed by atoms with Crippen molar-refractivity contribution in [1.82, 2.24) is 5.32 Å². The molecular weight excluding hydrogens is 134 g/mol. The Kier molecular flexibility index (Phi) is 3.71. The van der Waals surface area contributed by atoms with E-state index < -0.39 is 0 Å². The third kappa shape index (κ3) is 4.34. The van der Waals surface area contributed by atoms with Gasteiger partial charge in [-0.1, -0.05) is 11.6 Å². The summed E-state index contributed by atoms with van der Waals surface area (Å²) >= 11 is 5.69. The topological polar surface area (TPSA) is 12.0 Å². The normalized spacial score (nSPS) is 13.6. The number of hydrogen-bond donors (Lipinski definition) is 1. The lowest BCUT2D eigenvalue weighted by atomic mass is 10.3. The highest BCUT2D eigenvalue weighted by molar-refractivity contribution is 6.29. The molecule has 0 rings (SSSR count). The van der Waals surface area contributed by atoms with Crippen LogP contribution < -0.4 is 5.32 Å². The lowest BCUT2D eigenvalue weighted by Crippen LogP contribution is -2.20. The molecule has 0 amide bonds. The van der Waals surface area contributed by atoms with Gasteiger partial charge in [-0.05, 0) is 27.7 Å². The minimum absolute atomic E-state index is 0.471. The number of rotatable bonds is 2. The molecule has 0 radical (unpaired) electrons. The highest BCUT2D eigenvalue weighted by atomic mass is 35.5. The highest BCUT2D eigenvalue weighted by Crippen LogP contribution is 2.04. The molecule has 0 atom stereocenters. The first-order valence-electron chi connectivity index (χ1n) is 3.13. The molecule has 0 aromatic carbocycles. The molecule has 0 fully saturated rings. The zero-order valence-electron chi connectivity index (χ0n) is 6.46. The lowest BCUT2D eigenvalue weighted by molar-refractivity contribution is 0.667. The van der Waals surface area contributed by atoms with Crippen molar-refractivity contribution in [2.45, 2.75) is 33.7 Å². The molecular formula is C7H14ClN. The second-order valence-electron chi connectivity index (χ2n) is 2.46. The van der Waals surface area contributed by atoms with Gasteiger partial charge in [0.05, 0.1) is 0 Å². The van der Waals surface area contributed by atoms with Gasteiger partial charge in [0, 0.05) is 16.8 Å². The van der Waals surface area contributed by atoms with E-state index in [9.17, 15) is 0 Å². The van der Waals surface area contributed by atoms with Gasteiger partial charge in [0.15, 0.2) is 0 Å². The van der Waals surface area contributed by atoms with Crippen LogP contribution in [0.3, 0.4) is 0 Å². The van der Waals surface area contributed by atoms with Crippen molar-refractivity contribution in [2.24, 2.45) is 0 Å². The van der Waals surface area contributed by atoms with Crippen LogP contribution in [0.15, 0.2) is 10.7 Å². The van der Waals surface area contributed by atoms with Gasteiger partial charge in [-0.15, -0.1) is 0 Å². The molecule has 0 aliphatic rings. The summed E-state index contributed by atoms with van der Waals surface area (Å²) in [4.78, 5) is 0. The maximum atomic E-state index is 5.69. The van der Waals surface area contributed by atoms with Crippen LogP contribution in [-0.2, 0) is 0 Å². The van der Waals surface area contributed by atoms with E-state index >= 15 is 0 Å². The summed E-state index contributed by atoms with van der Waals surface area (Å²) in [7, 11) is 0. The molecule has 0 aliphatic heterocycles. The Hall–Kier alpha value is -0.170. The number of nitrogens with one attached hydrogen (secondary N) is 1. The van der Waals surface area contributed by atoms with Crippen molar-refractivity contribution in [3.8, 4) is 0 Å². The smallest absolute Gasteiger partial charge is 0.0336 e. The van der Waals surface area contributed by atoms with Crippen LogP contribution in [-0.4, -0.2) is 6.04 Å². The van der Waals surface area contributed by atoms with Crippen LogP contribution in [0.25, 0.3) is 0 Å². The molecule has 0 unspecified atom stereocenters. The molecule has 0 saturated carbocycles. The first-order valence-corrected chi connectivity index (χ1v) is 3.51. The zero-order chi connectivity index (χ0) is 7.44. The Morgan fingerprint density at radius 2 is 1.78 bits per heavy atom. The van der Waals surface area contributed by atoms with Crippen LogP contribution in [0.1, 0.15) is 27.7 Å². The van der Waals surface area contributed by atoms with E-state index in [-0.39, 0.29) is 0 Å². The predicted molar refractivity (Wildman–Crippen MR) is 42.5 cm³/mol. The van der Waals surface area contributed by atoms with Gasteiger partial charge in [-0.2, -0.15) is 0 Å². The fourth-order valence-electron chi connectivity index (χ4n) is 0.532. The number of halogens is 1. The van der Waals surface area contributed by atoms with Gasteiger partial charge < -0.3 is 5.32 Å². The average Bonchev–Trinajstić information content (AvgIpc) is 1.63. The minimum atomic E-state index is 0.471. The summed E-state index contributed by atoms with van der Waals surface area (Å²) in [6.07, 6.45) is 0. The fraction of sp³-hybridized carbons (Fsp3) is 0.714. The monoisotopic (exact) mass is 147 g/mol. The SMILES string of the molecule is C/C(Cl)=C(/C)NC(C)C. The summed E-state index contributed by atoms with van der Waals surface area (Å²) < 4.78 is 0. The summed E-state index contributed by atoms with van der Waals surface area (Å²) in [5.41, 5.74) is 1.06. The lowest BCUT2D eigenvalue weighted by Gasteiger charge is -2.09. The van der Waals surface area contributed by atoms with E-state index in [1.165, 1.54) is 0 Å². The van der Waals surface area contributed by atoms with E-state index in [2.05, 4.69) is 19.2 Å². The highest BCUT2D eigenvalue weighted by Gasteiger charge is 1.93. The Labute approximate surface area is 62.1 Å². The predicted octanol–water partition coefficient (Wildman–Crippen LogP) is 2.47. The Morgan fingerprint density at radius 1 is 1.33 bits per heavy atom. The van der Waals surface area contributed by atoms with E-state index in [1.807, 2.05) is 13.8 Å². The quantitative estimate of drug-likeness (QED) is 0.633. The molecule has 0 spiro atoms. The molecule has 2 heteroatoms. The summed E-state index contributed by atoms with van der Waals surface area (Å²) in [6, 6.07) is 0.471. The van der Waals surface area contributed by atoms with Crippen LogP contribution in [0.4, 0.5) is 0 Å². The Morgan fingerprint density at radius 3 is 1.89 bits per heavy atom. The molecule has 0 heterocycles. The first-order chi connectivity index (χ1) is 4.04. The van der Waals surface area contributed by atoms with E-state index in [0.717, 1.165) is 10.7 Å². The fourth-order valence-corrected chi connectivity index (χ4v) is 0.587. The van der Waals surface area contributed by atoms with E-state index in [0.29, 0.717) is 6.04 Å². The summed E-state index contributed by atoms with van der Waals surface area (Å²) in [5.74, 6) is 0. The molecule has 9 heavy (non-hydrogen) atoms. The molecule has 54 valence electrons. The molecule has 0 aliphatic carbocycles. The Bertz CT molecular complexity index is 112. The molecule has 1 nitrogen and oxygen atoms in total. The largest absolute Gasteiger partial charge is 0.385 e. The summed E-state index contributed by atoms with van der Waals surface area (Å²) in [6.45, 7) is 8.03. The van der Waals surface area contributed by atoms with Gasteiger partial charge in [0.1, 0.15) is 0 Å². The van der Waals surface area contributed by atoms with Gasteiger partial charge in [0.25, 0.3) is 0 Å². The number of hydrogen-bond acceptors (Lipinski definition) is 1. The second-order valence-corrected chi connectivity index (χ2v) is 3.02. The van der Waals surface area contributed by atoms with Crippen molar-refractivity contribution in [3.05, 3.63) is 10.7 Å². The van der Waals surface area contributed by atoms with Crippen molar-refractivity contribution in [2.75, 3.05) is 0 Å². The molecule has 0 bridgehead atoms. The van der Waals surface area contributed by atoms with Crippen molar-refractivity contribution >= 4 is 11.6 Å². The zero-order valence-corrected chi connectivity index (χ0v) is 7.21. The van der Waals surface area contributed by atoms with Crippen LogP contribution >= 0.6 is 11.6 Å². The minimum Gasteiger partial charge on any atom is -0.385 e. The van der Waals surface area contributed by atoms with Crippen LogP contribution in [0.5, 0.6) is 0 Å². The van der Waals surface area contributed by atoms with E-state index in [4.69, 9.17) is 11.6 Å². The van der Waals surface area contributed by atoms with Crippen molar-refractivity contribution in [3.63, 3.8) is 0 Å². The molecule has 1 N–H and O–H groups in total. The van der Waals surface area contributed by atoms with Crippen LogP contribution in [0, 0.1) is 0 Å². The van der Waals surface area contributed by atoms with Crippen LogP contribution in [0.2, 0.25) is 0 Å². The van der Waals surface area contributed by atoms with Crippen molar-refractivity contribution < 1.29 is 0 Å². The van der Waals surface area contributed by atoms with E-state index in [1.54, 1.807) is 0 Å². The second kappa shape index (κ2) is 3.78. The van der Waals surface area contributed by atoms with Gasteiger partial charge in [-0.25, -0.2) is 0 Å². The summed E-state index contributed by atoms with van der Waals surface area (Å²) in [5, 5.41) is 4.03. The average molecular weight is 148 g/mol. The van der Waals surface area contributed by atoms with Gasteiger partial charge in [0.2, 0.25) is 0 Å². The van der Waals surface area contributed by atoms with Gasteiger partial charge >= 0.3 is 0 Å². The van der Waals surface area contributed by atoms with Gasteiger partial charge in [-0.3, -0.25) is 0 Å². The molecule has 0 aromatic heterocycles. The molecule has 0 saturated heterocycles. The molecule has 0 aromatic rings. The standard InChI is InChI=1S/C7H14ClN/c1-5(2)9-7(4)6(3)8/h5,9H,1-4H3/b7-6+. The first kappa shape index (κ1) is 8.83. The maximum Gasteiger partial charge on any atom is 0.0336 e. The Balaban J connectivity index is 3.77. The maximum absolute atomic E-state index is 5.69. The third-order valence-corrected chi connectivity index (χ3v) is 1.31.